The minimum Gasteiger partial charge on any atom is -0.465 e. The Morgan fingerprint density at radius 3 is 2.85 bits per heavy atom. The highest BCUT2D eigenvalue weighted by Gasteiger charge is 2.28. The van der Waals surface area contributed by atoms with Crippen LogP contribution in [0.2, 0.25) is 0 Å². The molecule has 0 bridgehead atoms. The number of hydrogen-bond acceptors (Lipinski definition) is 5. The molecule has 20 heavy (non-hydrogen) atoms. The number of methoxy groups -OCH3 is 1. The van der Waals surface area contributed by atoms with Crippen LogP contribution in [0.25, 0.3) is 0 Å². The maximum Gasteiger partial charge on any atom is 0.341 e. The van der Waals surface area contributed by atoms with E-state index in [1.165, 1.54) is 23.3 Å². The Balaban J connectivity index is 1.78. The second-order valence-corrected chi connectivity index (χ2v) is 6.43. The summed E-state index contributed by atoms with van der Waals surface area (Å²) >= 11 is 1.52. The highest BCUT2D eigenvalue weighted by Crippen LogP contribution is 2.39. The van der Waals surface area contributed by atoms with Gasteiger partial charge >= 0.3 is 5.97 Å². The molecule has 1 aromatic rings. The molecule has 1 aromatic heterocycles. The molecule has 6 heteroatoms. The summed E-state index contributed by atoms with van der Waals surface area (Å²) in [7, 11) is 1.38. The molecular formula is C14H18N2O3S. The van der Waals surface area contributed by atoms with Gasteiger partial charge in [0.15, 0.2) is 0 Å². The second kappa shape index (κ2) is 5.54. The number of anilines is 1. The van der Waals surface area contributed by atoms with Crippen LogP contribution < -0.4 is 10.6 Å². The Morgan fingerprint density at radius 1 is 1.40 bits per heavy atom. The standard InChI is InChI=1S/C14H18N2O3S/c1-19-14(18)12-9-3-2-4-10(9)20-13(12)16-11(17)5-8-6-15-7-8/h8,15H,2-7H2,1H3,(H,16,17). The zero-order valence-corrected chi connectivity index (χ0v) is 12.3. The molecule has 1 fully saturated rings. The molecule has 0 aromatic carbocycles. The van der Waals surface area contributed by atoms with Crippen LogP contribution in [-0.2, 0) is 22.4 Å². The van der Waals surface area contributed by atoms with E-state index in [9.17, 15) is 9.59 Å². The van der Waals surface area contributed by atoms with Crippen LogP contribution in [0.15, 0.2) is 0 Å². The maximum absolute atomic E-state index is 12.0. The van der Waals surface area contributed by atoms with Crippen molar-refractivity contribution in [1.29, 1.82) is 0 Å². The number of esters is 1. The van der Waals surface area contributed by atoms with E-state index < -0.39 is 0 Å². The fourth-order valence-corrected chi connectivity index (χ4v) is 4.04. The molecular weight excluding hydrogens is 276 g/mol. The Hall–Kier alpha value is -1.40. The molecule has 1 saturated heterocycles. The monoisotopic (exact) mass is 294 g/mol. The van der Waals surface area contributed by atoms with E-state index in [4.69, 9.17) is 4.74 Å². The van der Waals surface area contributed by atoms with Crippen LogP contribution in [0.5, 0.6) is 0 Å². The third-order valence-corrected chi connectivity index (χ3v) is 5.11. The van der Waals surface area contributed by atoms with E-state index in [0.29, 0.717) is 22.9 Å². The van der Waals surface area contributed by atoms with E-state index in [2.05, 4.69) is 10.6 Å². The quantitative estimate of drug-likeness (QED) is 0.827. The van der Waals surface area contributed by atoms with Crippen LogP contribution in [-0.4, -0.2) is 32.1 Å². The minimum absolute atomic E-state index is 0.0124. The van der Waals surface area contributed by atoms with Gasteiger partial charge in [0.25, 0.3) is 0 Å². The molecule has 0 saturated carbocycles. The van der Waals surface area contributed by atoms with Crippen molar-refractivity contribution in [1.82, 2.24) is 5.32 Å². The van der Waals surface area contributed by atoms with Crippen LogP contribution in [0.1, 0.15) is 33.6 Å². The van der Waals surface area contributed by atoms with E-state index in [1.807, 2.05) is 0 Å². The van der Waals surface area contributed by atoms with Crippen LogP contribution >= 0.6 is 11.3 Å². The van der Waals surface area contributed by atoms with E-state index in [0.717, 1.165) is 37.9 Å². The second-order valence-electron chi connectivity index (χ2n) is 5.33. The summed E-state index contributed by atoms with van der Waals surface area (Å²) in [6, 6.07) is 0. The van der Waals surface area contributed by atoms with Crippen LogP contribution in [0.4, 0.5) is 5.00 Å². The largest absolute Gasteiger partial charge is 0.465 e. The van der Waals surface area contributed by atoms with Gasteiger partial charge in [0, 0.05) is 11.3 Å². The van der Waals surface area contributed by atoms with Crippen molar-refractivity contribution in [2.75, 3.05) is 25.5 Å². The molecule has 3 rings (SSSR count). The molecule has 0 spiro atoms. The highest BCUT2D eigenvalue weighted by atomic mass is 32.1. The highest BCUT2D eigenvalue weighted by molar-refractivity contribution is 7.17. The minimum atomic E-state index is -0.343. The summed E-state index contributed by atoms with van der Waals surface area (Å²) in [5.41, 5.74) is 1.65. The van der Waals surface area contributed by atoms with Gasteiger partial charge in [-0.2, -0.15) is 0 Å². The van der Waals surface area contributed by atoms with E-state index in [1.54, 1.807) is 0 Å². The van der Waals surface area contributed by atoms with Gasteiger partial charge in [-0.25, -0.2) is 4.79 Å². The van der Waals surface area contributed by atoms with Crippen molar-refractivity contribution in [2.45, 2.75) is 25.7 Å². The van der Waals surface area contributed by atoms with Gasteiger partial charge < -0.3 is 15.4 Å². The number of aryl methyl sites for hydroxylation is 1. The fourth-order valence-electron chi connectivity index (χ4n) is 2.74. The number of thiophene rings is 1. The van der Waals surface area contributed by atoms with Gasteiger partial charge in [-0.3, -0.25) is 4.79 Å². The Bertz CT molecular complexity index is 549. The van der Waals surface area contributed by atoms with Crippen molar-refractivity contribution < 1.29 is 14.3 Å². The molecule has 2 aliphatic rings. The number of amides is 1. The lowest BCUT2D eigenvalue weighted by molar-refractivity contribution is -0.117. The summed E-state index contributed by atoms with van der Waals surface area (Å²) < 4.78 is 4.86. The predicted octanol–water partition coefficient (Wildman–Crippen LogP) is 1.57. The topological polar surface area (TPSA) is 67.4 Å². The van der Waals surface area contributed by atoms with Gasteiger partial charge in [0.05, 0.1) is 12.7 Å². The number of nitrogens with one attached hydrogen (secondary N) is 2. The molecule has 0 unspecified atom stereocenters. The number of carbonyl (C=O) groups is 2. The maximum atomic E-state index is 12.0. The van der Waals surface area contributed by atoms with E-state index in [-0.39, 0.29) is 11.9 Å². The van der Waals surface area contributed by atoms with Crippen molar-refractivity contribution in [2.24, 2.45) is 5.92 Å². The first-order chi connectivity index (χ1) is 9.69. The molecule has 0 atom stereocenters. The molecule has 2 heterocycles. The van der Waals surface area contributed by atoms with E-state index >= 15 is 0 Å². The molecule has 0 radical (unpaired) electrons. The van der Waals surface area contributed by atoms with Gasteiger partial charge in [-0.05, 0) is 43.8 Å². The van der Waals surface area contributed by atoms with Crippen molar-refractivity contribution in [3.8, 4) is 0 Å². The van der Waals surface area contributed by atoms with Gasteiger partial charge in [0.2, 0.25) is 5.91 Å². The molecule has 5 nitrogen and oxygen atoms in total. The number of ether oxygens (including phenoxy) is 1. The predicted molar refractivity (Wildman–Crippen MR) is 77.3 cm³/mol. The lowest BCUT2D eigenvalue weighted by atomic mass is 9.99. The molecule has 1 amide bonds. The first-order valence-corrected chi connectivity index (χ1v) is 7.74. The van der Waals surface area contributed by atoms with Gasteiger partial charge in [0.1, 0.15) is 5.00 Å². The summed E-state index contributed by atoms with van der Waals surface area (Å²) in [4.78, 5) is 25.2. The Kier molecular flexibility index (Phi) is 3.76. The van der Waals surface area contributed by atoms with Crippen LogP contribution in [0, 0.1) is 5.92 Å². The Labute approximate surface area is 121 Å². The summed E-state index contributed by atoms with van der Waals surface area (Å²) in [6.07, 6.45) is 3.48. The number of fused-ring (bicyclic) bond motifs is 1. The zero-order chi connectivity index (χ0) is 14.1. The molecule has 108 valence electrons. The van der Waals surface area contributed by atoms with Gasteiger partial charge in [-0.1, -0.05) is 0 Å². The molecule has 2 N–H and O–H groups in total. The van der Waals surface area contributed by atoms with Crippen molar-refractivity contribution in [3.63, 3.8) is 0 Å². The number of hydrogen-bond donors (Lipinski definition) is 2. The Morgan fingerprint density at radius 2 is 2.20 bits per heavy atom. The fraction of sp³-hybridized carbons (Fsp3) is 0.571. The first-order valence-electron chi connectivity index (χ1n) is 6.92. The average Bonchev–Trinajstić information content (AvgIpc) is 2.93. The van der Waals surface area contributed by atoms with Crippen LogP contribution in [0.3, 0.4) is 0 Å². The number of rotatable bonds is 4. The lowest BCUT2D eigenvalue weighted by Gasteiger charge is -2.26. The van der Waals surface area contributed by atoms with Crippen molar-refractivity contribution in [3.05, 3.63) is 16.0 Å². The lowest BCUT2D eigenvalue weighted by Crippen LogP contribution is -2.43. The SMILES string of the molecule is COC(=O)c1c(NC(=O)CC2CNC2)sc2c1CCC2. The zero-order valence-electron chi connectivity index (χ0n) is 11.5. The third-order valence-electron chi connectivity index (χ3n) is 3.90. The molecule has 1 aliphatic heterocycles. The summed E-state index contributed by atoms with van der Waals surface area (Å²) in [6.45, 7) is 1.80. The van der Waals surface area contributed by atoms with Gasteiger partial charge in [-0.15, -0.1) is 11.3 Å². The molecule has 1 aliphatic carbocycles. The number of carbonyl (C=O) groups excluding carboxylic acids is 2. The third kappa shape index (κ3) is 2.45. The normalized spacial score (nSPS) is 17.4. The summed E-state index contributed by atoms with van der Waals surface area (Å²) in [5, 5.41) is 6.72. The summed E-state index contributed by atoms with van der Waals surface area (Å²) in [5.74, 6) is 0.0648. The first kappa shape index (κ1) is 13.6. The van der Waals surface area contributed by atoms with Crippen molar-refractivity contribution >= 4 is 28.2 Å². The average molecular weight is 294 g/mol. The smallest absolute Gasteiger partial charge is 0.341 e.